The average molecular weight is 413 g/mol. The van der Waals surface area contributed by atoms with Crippen molar-refractivity contribution in [2.24, 2.45) is 0 Å². The Balaban J connectivity index is 1.45. The van der Waals surface area contributed by atoms with Crippen molar-refractivity contribution in [1.82, 2.24) is 9.88 Å². The van der Waals surface area contributed by atoms with Crippen molar-refractivity contribution in [2.75, 3.05) is 13.7 Å². The SMILES string of the molecule is COc1ccc(COCC(=O)N2Cc3cnc4cc(Cl)c(O)cc4c3[C@@H]2C)cc1. The van der Waals surface area contributed by atoms with Crippen LogP contribution in [0.3, 0.4) is 0 Å². The van der Waals surface area contributed by atoms with Crippen LogP contribution in [0, 0.1) is 0 Å². The molecule has 0 unspecified atom stereocenters. The van der Waals surface area contributed by atoms with Gasteiger partial charge in [0.2, 0.25) is 5.91 Å². The van der Waals surface area contributed by atoms with Crippen LogP contribution in [0.5, 0.6) is 11.5 Å². The molecule has 1 aliphatic rings. The van der Waals surface area contributed by atoms with Crippen molar-refractivity contribution in [3.05, 3.63) is 64.3 Å². The zero-order valence-electron chi connectivity index (χ0n) is 16.2. The van der Waals surface area contributed by atoms with E-state index in [0.29, 0.717) is 18.7 Å². The fourth-order valence-electron chi connectivity index (χ4n) is 3.72. The van der Waals surface area contributed by atoms with Gasteiger partial charge in [-0.2, -0.15) is 0 Å². The molecule has 1 amide bonds. The number of aromatic nitrogens is 1. The number of carbonyl (C=O) groups is 1. The minimum atomic E-state index is -0.145. The number of methoxy groups -OCH3 is 1. The third kappa shape index (κ3) is 3.73. The number of pyridine rings is 1. The summed E-state index contributed by atoms with van der Waals surface area (Å²) in [6, 6.07) is 10.7. The Morgan fingerprint density at radius 2 is 2.07 bits per heavy atom. The molecule has 0 saturated carbocycles. The van der Waals surface area contributed by atoms with Crippen molar-refractivity contribution < 1.29 is 19.4 Å². The highest BCUT2D eigenvalue weighted by atomic mass is 35.5. The van der Waals surface area contributed by atoms with Crippen LogP contribution in [0.15, 0.2) is 42.6 Å². The van der Waals surface area contributed by atoms with E-state index in [2.05, 4.69) is 4.98 Å². The summed E-state index contributed by atoms with van der Waals surface area (Å²) in [4.78, 5) is 19.0. The lowest BCUT2D eigenvalue weighted by atomic mass is 10.0. The van der Waals surface area contributed by atoms with Crippen molar-refractivity contribution >= 4 is 28.4 Å². The maximum Gasteiger partial charge on any atom is 0.249 e. The Hall–Kier alpha value is -2.83. The summed E-state index contributed by atoms with van der Waals surface area (Å²) in [6.45, 7) is 2.78. The number of fused-ring (bicyclic) bond motifs is 3. The van der Waals surface area contributed by atoms with Crippen LogP contribution in [0.1, 0.15) is 29.7 Å². The maximum absolute atomic E-state index is 12.8. The predicted octanol–water partition coefficient (Wildman–Crippen LogP) is 4.22. The number of ether oxygens (including phenoxy) is 2. The predicted molar refractivity (Wildman–Crippen MR) is 110 cm³/mol. The highest BCUT2D eigenvalue weighted by Crippen LogP contribution is 2.40. The fourth-order valence-corrected chi connectivity index (χ4v) is 3.88. The number of phenols is 1. The van der Waals surface area contributed by atoms with Crippen molar-refractivity contribution in [1.29, 1.82) is 0 Å². The molecular formula is C22H21ClN2O4. The highest BCUT2D eigenvalue weighted by molar-refractivity contribution is 6.32. The Bertz CT molecular complexity index is 1070. The summed E-state index contributed by atoms with van der Waals surface area (Å²) < 4.78 is 10.8. The molecular weight excluding hydrogens is 392 g/mol. The highest BCUT2D eigenvalue weighted by Gasteiger charge is 2.32. The topological polar surface area (TPSA) is 71.9 Å². The molecule has 1 atom stereocenters. The van der Waals surface area contributed by atoms with E-state index < -0.39 is 0 Å². The number of rotatable bonds is 5. The van der Waals surface area contributed by atoms with Crippen LogP contribution < -0.4 is 4.74 Å². The average Bonchev–Trinajstić information content (AvgIpc) is 3.06. The lowest BCUT2D eigenvalue weighted by molar-refractivity contribution is -0.138. The smallest absolute Gasteiger partial charge is 0.249 e. The quantitative estimate of drug-likeness (QED) is 0.679. The minimum Gasteiger partial charge on any atom is -0.506 e. The molecule has 2 aromatic carbocycles. The summed E-state index contributed by atoms with van der Waals surface area (Å²) in [5.41, 5.74) is 3.63. The molecule has 0 aliphatic carbocycles. The first-order valence-electron chi connectivity index (χ1n) is 9.28. The number of nitrogens with zero attached hydrogens (tertiary/aromatic N) is 2. The molecule has 0 spiro atoms. The zero-order chi connectivity index (χ0) is 20.5. The van der Waals surface area contributed by atoms with Gasteiger partial charge in [0, 0.05) is 18.1 Å². The zero-order valence-corrected chi connectivity index (χ0v) is 16.9. The van der Waals surface area contributed by atoms with Gasteiger partial charge in [0.25, 0.3) is 0 Å². The monoisotopic (exact) mass is 412 g/mol. The summed E-state index contributed by atoms with van der Waals surface area (Å²) in [7, 11) is 1.62. The van der Waals surface area contributed by atoms with Gasteiger partial charge in [-0.25, -0.2) is 0 Å². The normalized spacial score (nSPS) is 15.6. The third-order valence-corrected chi connectivity index (χ3v) is 5.56. The fraction of sp³-hybridized carbons (Fsp3) is 0.273. The van der Waals surface area contributed by atoms with E-state index in [9.17, 15) is 9.90 Å². The van der Waals surface area contributed by atoms with Gasteiger partial charge in [-0.1, -0.05) is 23.7 Å². The number of aromatic hydroxyl groups is 1. The number of hydrogen-bond donors (Lipinski definition) is 1. The number of benzene rings is 2. The Labute approximate surface area is 173 Å². The molecule has 0 fully saturated rings. The Morgan fingerprint density at radius 3 is 2.79 bits per heavy atom. The Morgan fingerprint density at radius 1 is 1.31 bits per heavy atom. The molecule has 7 heteroatoms. The van der Waals surface area contributed by atoms with E-state index in [1.807, 2.05) is 31.2 Å². The van der Waals surface area contributed by atoms with Gasteiger partial charge >= 0.3 is 0 Å². The number of hydrogen-bond acceptors (Lipinski definition) is 5. The maximum atomic E-state index is 12.8. The molecule has 1 aliphatic heterocycles. The van der Waals surface area contributed by atoms with Crippen LogP contribution in [-0.2, 0) is 22.7 Å². The van der Waals surface area contributed by atoms with Crippen LogP contribution in [0.4, 0.5) is 0 Å². The molecule has 1 aromatic heterocycles. The molecule has 6 nitrogen and oxygen atoms in total. The first kappa shape index (κ1) is 19.5. The summed E-state index contributed by atoms with van der Waals surface area (Å²) in [6.07, 6.45) is 1.77. The van der Waals surface area contributed by atoms with E-state index in [0.717, 1.165) is 27.8 Å². The van der Waals surface area contributed by atoms with Gasteiger partial charge in [-0.3, -0.25) is 9.78 Å². The molecule has 2 heterocycles. The van der Waals surface area contributed by atoms with E-state index in [4.69, 9.17) is 21.1 Å². The second-order valence-corrected chi connectivity index (χ2v) is 7.46. The lowest BCUT2D eigenvalue weighted by Crippen LogP contribution is -2.31. The molecule has 0 saturated heterocycles. The van der Waals surface area contributed by atoms with Crippen molar-refractivity contribution in [3.8, 4) is 11.5 Å². The number of phenolic OH excluding ortho intramolecular Hbond substituents is 1. The van der Waals surface area contributed by atoms with E-state index >= 15 is 0 Å². The largest absolute Gasteiger partial charge is 0.506 e. The molecule has 150 valence electrons. The second-order valence-electron chi connectivity index (χ2n) is 7.06. The number of amides is 1. The Kier molecular flexibility index (Phi) is 5.30. The molecule has 29 heavy (non-hydrogen) atoms. The first-order chi connectivity index (χ1) is 14.0. The van der Waals surface area contributed by atoms with Crippen LogP contribution in [0.25, 0.3) is 10.9 Å². The number of carbonyl (C=O) groups excluding carboxylic acids is 1. The molecule has 0 bridgehead atoms. The van der Waals surface area contributed by atoms with Crippen LogP contribution in [-0.4, -0.2) is 34.6 Å². The van der Waals surface area contributed by atoms with Gasteiger partial charge < -0.3 is 19.5 Å². The number of halogens is 1. The van der Waals surface area contributed by atoms with Crippen molar-refractivity contribution in [2.45, 2.75) is 26.1 Å². The molecule has 0 radical (unpaired) electrons. The van der Waals surface area contributed by atoms with E-state index in [1.165, 1.54) is 0 Å². The summed E-state index contributed by atoms with van der Waals surface area (Å²) in [5.74, 6) is 0.698. The van der Waals surface area contributed by atoms with Gasteiger partial charge in [-0.05, 0) is 47.9 Å². The summed E-state index contributed by atoms with van der Waals surface area (Å²) >= 11 is 6.00. The second kappa shape index (κ2) is 7.89. The first-order valence-corrected chi connectivity index (χ1v) is 9.66. The lowest BCUT2D eigenvalue weighted by Gasteiger charge is -2.22. The summed E-state index contributed by atoms with van der Waals surface area (Å²) in [5, 5.41) is 11.1. The van der Waals surface area contributed by atoms with E-state index in [1.54, 1.807) is 30.3 Å². The van der Waals surface area contributed by atoms with Crippen LogP contribution >= 0.6 is 11.6 Å². The molecule has 4 rings (SSSR count). The minimum absolute atomic E-state index is 0.00715. The van der Waals surface area contributed by atoms with Gasteiger partial charge in [0.05, 0.1) is 30.3 Å². The molecule has 1 N–H and O–H groups in total. The van der Waals surface area contributed by atoms with E-state index in [-0.39, 0.29) is 29.3 Å². The van der Waals surface area contributed by atoms with Crippen LogP contribution in [0.2, 0.25) is 5.02 Å². The van der Waals surface area contributed by atoms with Gasteiger partial charge in [-0.15, -0.1) is 0 Å². The van der Waals surface area contributed by atoms with Crippen molar-refractivity contribution in [3.63, 3.8) is 0 Å². The van der Waals surface area contributed by atoms with Gasteiger partial charge in [0.1, 0.15) is 18.1 Å². The third-order valence-electron chi connectivity index (χ3n) is 5.26. The molecule has 3 aromatic rings. The standard InChI is InChI=1S/C22H21ClN2O4/c1-13-22-15(9-24-19-8-18(23)20(26)7-17(19)22)10-25(13)21(27)12-29-11-14-3-5-16(28-2)6-4-14/h3-9,13,26H,10-12H2,1-2H3/t13-/m0/s1. The van der Waals surface area contributed by atoms with Gasteiger partial charge in [0.15, 0.2) is 0 Å².